The number of carboxylic acid groups (broad SMARTS) is 1. The number of aromatic carboxylic acids is 1. The van der Waals surface area contributed by atoms with Crippen LogP contribution in [-0.4, -0.2) is 20.9 Å². The second kappa shape index (κ2) is 8.57. The third-order valence-corrected chi connectivity index (χ3v) is 4.53. The molecule has 5 nitrogen and oxygen atoms in total. The van der Waals surface area contributed by atoms with Gasteiger partial charge < -0.3 is 9.84 Å². The highest BCUT2D eigenvalue weighted by Crippen LogP contribution is 2.26. The summed E-state index contributed by atoms with van der Waals surface area (Å²) in [6.45, 7) is 1.64. The summed E-state index contributed by atoms with van der Waals surface area (Å²) < 4.78 is 47.8. The zero-order chi connectivity index (χ0) is 21.1. The van der Waals surface area contributed by atoms with E-state index < -0.39 is 30.0 Å². The van der Waals surface area contributed by atoms with Crippen LogP contribution < -0.4 is 4.74 Å². The SMILES string of the molecule is Cc1cc(C(=O)O)nn1CCc1cc(Cl)ccc1OCc1c(F)cc(F)cc1F. The summed E-state index contributed by atoms with van der Waals surface area (Å²) in [7, 11) is 0. The van der Waals surface area contributed by atoms with Crippen LogP contribution in [0, 0.1) is 24.4 Å². The van der Waals surface area contributed by atoms with Crippen molar-refractivity contribution in [3.8, 4) is 5.75 Å². The van der Waals surface area contributed by atoms with Gasteiger partial charge in [0.25, 0.3) is 0 Å². The van der Waals surface area contributed by atoms with Crippen molar-refractivity contribution < 1.29 is 27.8 Å². The lowest BCUT2D eigenvalue weighted by Crippen LogP contribution is -2.09. The molecule has 0 aliphatic carbocycles. The van der Waals surface area contributed by atoms with Gasteiger partial charge in [-0.3, -0.25) is 4.68 Å². The number of carboxylic acids is 1. The fraction of sp³-hybridized carbons (Fsp3) is 0.200. The Morgan fingerprint density at radius 1 is 1.17 bits per heavy atom. The van der Waals surface area contributed by atoms with Crippen LogP contribution in [0.1, 0.15) is 27.3 Å². The molecule has 3 rings (SSSR count). The lowest BCUT2D eigenvalue weighted by atomic mass is 10.1. The number of nitrogens with zero attached hydrogens (tertiary/aromatic N) is 2. The summed E-state index contributed by atoms with van der Waals surface area (Å²) in [5.74, 6) is -3.85. The molecule has 0 bridgehead atoms. The number of hydrogen-bond acceptors (Lipinski definition) is 3. The van der Waals surface area contributed by atoms with Crippen molar-refractivity contribution in [2.24, 2.45) is 0 Å². The van der Waals surface area contributed by atoms with Crippen molar-refractivity contribution in [3.63, 3.8) is 0 Å². The summed E-state index contributed by atoms with van der Waals surface area (Å²) in [6.07, 6.45) is 0.381. The molecule has 0 saturated heterocycles. The van der Waals surface area contributed by atoms with Crippen LogP contribution in [-0.2, 0) is 19.6 Å². The first-order valence-electron chi connectivity index (χ1n) is 8.57. The lowest BCUT2D eigenvalue weighted by molar-refractivity contribution is 0.0689. The largest absolute Gasteiger partial charge is 0.488 e. The molecule has 2 aromatic carbocycles. The molecule has 0 saturated carbocycles. The predicted molar refractivity (Wildman–Crippen MR) is 99.7 cm³/mol. The van der Waals surface area contributed by atoms with E-state index in [0.717, 1.165) is 0 Å². The molecule has 152 valence electrons. The Bertz CT molecular complexity index is 1050. The van der Waals surface area contributed by atoms with Crippen molar-refractivity contribution in [2.75, 3.05) is 0 Å². The van der Waals surface area contributed by atoms with Gasteiger partial charge >= 0.3 is 5.97 Å². The Morgan fingerprint density at radius 2 is 1.86 bits per heavy atom. The fourth-order valence-corrected chi connectivity index (χ4v) is 3.01. The monoisotopic (exact) mass is 424 g/mol. The van der Waals surface area contributed by atoms with E-state index in [1.807, 2.05) is 0 Å². The van der Waals surface area contributed by atoms with Crippen molar-refractivity contribution >= 4 is 17.6 Å². The van der Waals surface area contributed by atoms with E-state index in [2.05, 4.69) is 5.10 Å². The highest BCUT2D eigenvalue weighted by atomic mass is 35.5. The van der Waals surface area contributed by atoms with Gasteiger partial charge in [-0.1, -0.05) is 11.6 Å². The Hall–Kier alpha value is -3.00. The number of aromatic nitrogens is 2. The van der Waals surface area contributed by atoms with Crippen LogP contribution in [0.25, 0.3) is 0 Å². The van der Waals surface area contributed by atoms with Crippen molar-refractivity contribution in [1.82, 2.24) is 9.78 Å². The molecule has 29 heavy (non-hydrogen) atoms. The van der Waals surface area contributed by atoms with E-state index in [0.29, 0.717) is 47.1 Å². The van der Waals surface area contributed by atoms with E-state index >= 15 is 0 Å². The number of rotatable bonds is 7. The Balaban J connectivity index is 1.77. The Labute approximate surface area is 169 Å². The topological polar surface area (TPSA) is 64.3 Å². The molecule has 0 unspecified atom stereocenters. The fourth-order valence-electron chi connectivity index (χ4n) is 2.81. The number of carbonyl (C=O) groups is 1. The van der Waals surface area contributed by atoms with Crippen molar-refractivity contribution in [3.05, 3.63) is 81.4 Å². The first-order valence-corrected chi connectivity index (χ1v) is 8.95. The van der Waals surface area contributed by atoms with Crippen LogP contribution in [0.4, 0.5) is 13.2 Å². The zero-order valence-corrected chi connectivity index (χ0v) is 16.0. The van der Waals surface area contributed by atoms with Gasteiger partial charge in [0, 0.05) is 29.4 Å². The molecular formula is C20H16ClF3N2O3. The first-order chi connectivity index (χ1) is 13.7. The molecule has 3 aromatic rings. The maximum atomic E-state index is 13.8. The smallest absolute Gasteiger partial charge is 0.356 e. The average molecular weight is 425 g/mol. The summed E-state index contributed by atoms with van der Waals surface area (Å²) in [6, 6.07) is 7.41. The predicted octanol–water partition coefficient (Wildman–Crippen LogP) is 4.78. The molecule has 0 atom stereocenters. The molecule has 1 heterocycles. The van der Waals surface area contributed by atoms with E-state index in [-0.39, 0.29) is 11.3 Å². The lowest BCUT2D eigenvalue weighted by Gasteiger charge is -2.13. The third kappa shape index (κ3) is 4.89. The van der Waals surface area contributed by atoms with Gasteiger partial charge in [0.2, 0.25) is 0 Å². The van der Waals surface area contributed by atoms with Gasteiger partial charge in [0.05, 0.1) is 5.56 Å². The average Bonchev–Trinajstić information content (AvgIpc) is 3.01. The van der Waals surface area contributed by atoms with Crippen LogP contribution in [0.3, 0.4) is 0 Å². The third-order valence-electron chi connectivity index (χ3n) is 4.29. The number of aryl methyl sites for hydroxylation is 3. The number of hydrogen-bond donors (Lipinski definition) is 1. The standard InChI is InChI=1S/C20H16ClF3N2O3/c1-11-6-18(20(27)28)25-26(11)5-4-12-7-13(21)2-3-19(12)29-10-15-16(23)8-14(22)9-17(15)24/h2-3,6-9H,4-5,10H2,1H3,(H,27,28). The molecule has 0 amide bonds. The molecule has 1 aromatic heterocycles. The first kappa shape index (κ1) is 20.7. The zero-order valence-electron chi connectivity index (χ0n) is 15.3. The van der Waals surface area contributed by atoms with E-state index in [4.69, 9.17) is 21.4 Å². The van der Waals surface area contributed by atoms with Gasteiger partial charge in [-0.15, -0.1) is 0 Å². The number of ether oxygens (including phenoxy) is 1. The summed E-state index contributed by atoms with van der Waals surface area (Å²) >= 11 is 6.04. The Morgan fingerprint density at radius 3 is 2.48 bits per heavy atom. The van der Waals surface area contributed by atoms with Crippen molar-refractivity contribution in [2.45, 2.75) is 26.5 Å². The van der Waals surface area contributed by atoms with E-state index in [1.165, 1.54) is 10.7 Å². The molecule has 0 aliphatic rings. The summed E-state index contributed by atoms with van der Waals surface area (Å²) in [4.78, 5) is 11.0. The van der Waals surface area contributed by atoms with Gasteiger partial charge in [-0.05, 0) is 43.2 Å². The molecule has 0 aliphatic heterocycles. The van der Waals surface area contributed by atoms with Gasteiger partial charge in [0.1, 0.15) is 29.8 Å². The number of halogens is 4. The quantitative estimate of drug-likeness (QED) is 0.592. The minimum Gasteiger partial charge on any atom is -0.488 e. The maximum absolute atomic E-state index is 13.8. The molecule has 0 fully saturated rings. The second-order valence-corrected chi connectivity index (χ2v) is 6.77. The van der Waals surface area contributed by atoms with Crippen LogP contribution in [0.15, 0.2) is 36.4 Å². The minimum absolute atomic E-state index is 0.0627. The van der Waals surface area contributed by atoms with Gasteiger partial charge in [0.15, 0.2) is 5.69 Å². The maximum Gasteiger partial charge on any atom is 0.356 e. The molecule has 0 spiro atoms. The highest BCUT2D eigenvalue weighted by Gasteiger charge is 2.15. The second-order valence-electron chi connectivity index (χ2n) is 6.34. The van der Waals surface area contributed by atoms with Gasteiger partial charge in [-0.25, -0.2) is 18.0 Å². The number of benzene rings is 2. The molecular weight excluding hydrogens is 409 g/mol. The van der Waals surface area contributed by atoms with E-state index in [1.54, 1.807) is 25.1 Å². The highest BCUT2D eigenvalue weighted by molar-refractivity contribution is 6.30. The molecule has 0 radical (unpaired) electrons. The van der Waals surface area contributed by atoms with Crippen LogP contribution in [0.5, 0.6) is 5.75 Å². The van der Waals surface area contributed by atoms with E-state index in [9.17, 15) is 18.0 Å². The van der Waals surface area contributed by atoms with Crippen molar-refractivity contribution in [1.29, 1.82) is 0 Å². The summed E-state index contributed by atoms with van der Waals surface area (Å²) in [5, 5.41) is 13.5. The van der Waals surface area contributed by atoms with Gasteiger partial charge in [-0.2, -0.15) is 5.10 Å². The van der Waals surface area contributed by atoms with Crippen LogP contribution >= 0.6 is 11.6 Å². The normalized spacial score (nSPS) is 10.9. The minimum atomic E-state index is -1.12. The van der Waals surface area contributed by atoms with Crippen LogP contribution in [0.2, 0.25) is 5.02 Å². The molecule has 9 heteroatoms. The molecule has 1 N–H and O–H groups in total. The Kier molecular flexibility index (Phi) is 6.12. The summed E-state index contributed by atoms with van der Waals surface area (Å²) in [5.41, 5.74) is 0.864.